The number of aromatic nitrogens is 2. The molecule has 0 saturated carbocycles. The molecule has 0 fully saturated rings. The molecule has 2 rings (SSSR count). The molecule has 4 N–H and O–H groups in total. The minimum absolute atomic E-state index is 0.0529. The van der Waals surface area contributed by atoms with E-state index in [0.717, 1.165) is 6.07 Å². The number of nitrogens with two attached hydrogens (primary N) is 1. The van der Waals surface area contributed by atoms with Crippen molar-refractivity contribution in [3.63, 3.8) is 0 Å². The third kappa shape index (κ3) is 2.73. The molecule has 0 radical (unpaired) electrons. The average Bonchev–Trinajstić information content (AvgIpc) is 2.79. The van der Waals surface area contributed by atoms with Crippen LogP contribution in [0.25, 0.3) is 0 Å². The molecule has 94 valence electrons. The zero-order chi connectivity index (χ0) is 13.2. The zero-order valence-corrected chi connectivity index (χ0v) is 9.94. The highest BCUT2D eigenvalue weighted by Crippen LogP contribution is 2.09. The van der Waals surface area contributed by atoms with Gasteiger partial charge in [-0.15, -0.1) is 0 Å². The van der Waals surface area contributed by atoms with E-state index < -0.39 is 15.9 Å². The van der Waals surface area contributed by atoms with E-state index in [1.165, 1.54) is 0 Å². The number of hydrogen-bond donors (Lipinski definition) is 3. The van der Waals surface area contributed by atoms with E-state index in [9.17, 15) is 13.2 Å². The van der Waals surface area contributed by atoms with Crippen molar-refractivity contribution in [1.82, 2.24) is 10.2 Å². The predicted octanol–water partition coefficient (Wildman–Crippen LogP) is 0.309. The number of nitrogens with zero attached hydrogens (tertiary/aromatic N) is 1. The highest BCUT2D eigenvalue weighted by atomic mass is 32.2. The number of para-hydroxylation sites is 1. The lowest BCUT2D eigenvalue weighted by atomic mass is 10.3. The fraction of sp³-hybridized carbons (Fsp3) is 0. The fourth-order valence-corrected chi connectivity index (χ4v) is 1.73. The Morgan fingerprint density at radius 3 is 2.50 bits per heavy atom. The SMILES string of the molecule is NS(=O)(=O)c1cc(C(=O)Nc2ccccc2)n[nH]1. The number of aromatic amines is 1. The van der Waals surface area contributed by atoms with Crippen molar-refractivity contribution >= 4 is 21.6 Å². The third-order valence-corrected chi connectivity index (χ3v) is 2.95. The van der Waals surface area contributed by atoms with E-state index in [0.29, 0.717) is 5.69 Å². The second-order valence-electron chi connectivity index (χ2n) is 3.48. The molecule has 0 spiro atoms. The maximum absolute atomic E-state index is 11.7. The summed E-state index contributed by atoms with van der Waals surface area (Å²) in [5, 5.41) is 12.9. The second kappa shape index (κ2) is 4.59. The van der Waals surface area contributed by atoms with Crippen LogP contribution in [0.5, 0.6) is 0 Å². The highest BCUT2D eigenvalue weighted by molar-refractivity contribution is 7.89. The molecule has 7 nitrogen and oxygen atoms in total. The van der Waals surface area contributed by atoms with Gasteiger partial charge in [-0.05, 0) is 12.1 Å². The molecule has 1 aromatic carbocycles. The quantitative estimate of drug-likeness (QED) is 0.740. The Kier molecular flexibility index (Phi) is 3.13. The highest BCUT2D eigenvalue weighted by Gasteiger charge is 2.16. The van der Waals surface area contributed by atoms with Crippen LogP contribution < -0.4 is 10.5 Å². The van der Waals surface area contributed by atoms with Crippen LogP contribution in [0.1, 0.15) is 10.5 Å². The number of H-pyrrole nitrogens is 1. The van der Waals surface area contributed by atoms with Crippen molar-refractivity contribution in [3.05, 3.63) is 42.1 Å². The lowest BCUT2D eigenvalue weighted by molar-refractivity contribution is 0.102. The molecular formula is C10H10N4O3S. The van der Waals surface area contributed by atoms with Gasteiger partial charge in [-0.1, -0.05) is 18.2 Å². The second-order valence-corrected chi connectivity index (χ2v) is 5.01. The lowest BCUT2D eigenvalue weighted by Gasteiger charge is -2.01. The first-order valence-corrected chi connectivity index (χ1v) is 6.46. The molecular weight excluding hydrogens is 256 g/mol. The van der Waals surface area contributed by atoms with Crippen molar-refractivity contribution in [2.45, 2.75) is 5.03 Å². The molecule has 0 aliphatic heterocycles. The van der Waals surface area contributed by atoms with Crippen LogP contribution in [0.3, 0.4) is 0 Å². The number of hydrogen-bond acceptors (Lipinski definition) is 4. The van der Waals surface area contributed by atoms with Gasteiger partial charge < -0.3 is 5.32 Å². The van der Waals surface area contributed by atoms with Crippen molar-refractivity contribution in [2.75, 3.05) is 5.32 Å². The van der Waals surface area contributed by atoms with Gasteiger partial charge in [-0.25, -0.2) is 13.6 Å². The molecule has 18 heavy (non-hydrogen) atoms. The number of nitrogens with one attached hydrogen (secondary N) is 2. The summed E-state index contributed by atoms with van der Waals surface area (Å²) in [6.45, 7) is 0. The number of carbonyl (C=O) groups excluding carboxylic acids is 1. The van der Waals surface area contributed by atoms with E-state index in [1.54, 1.807) is 24.3 Å². The molecule has 0 saturated heterocycles. The van der Waals surface area contributed by atoms with Gasteiger partial charge in [0.2, 0.25) is 0 Å². The Morgan fingerprint density at radius 1 is 1.28 bits per heavy atom. The van der Waals surface area contributed by atoms with Crippen LogP contribution in [0.15, 0.2) is 41.4 Å². The molecule has 1 heterocycles. The summed E-state index contributed by atoms with van der Waals surface area (Å²) in [4.78, 5) is 11.7. The Morgan fingerprint density at radius 2 is 1.94 bits per heavy atom. The van der Waals surface area contributed by atoms with E-state index in [2.05, 4.69) is 15.5 Å². The fourth-order valence-electron chi connectivity index (χ4n) is 1.28. The minimum Gasteiger partial charge on any atom is -0.321 e. The van der Waals surface area contributed by atoms with Gasteiger partial charge in [0.25, 0.3) is 15.9 Å². The van der Waals surface area contributed by atoms with Crippen LogP contribution >= 0.6 is 0 Å². The van der Waals surface area contributed by atoms with E-state index in [4.69, 9.17) is 5.14 Å². The maximum atomic E-state index is 11.7. The van der Waals surface area contributed by atoms with Crippen LogP contribution in [0, 0.1) is 0 Å². The normalized spacial score (nSPS) is 11.2. The molecule has 0 aliphatic rings. The molecule has 0 aliphatic carbocycles. The standard InChI is InChI=1S/C10H10N4O3S/c11-18(16,17)9-6-8(13-14-9)10(15)12-7-4-2-1-3-5-7/h1-6H,(H,12,15)(H,13,14)(H2,11,16,17). The molecule has 0 bridgehead atoms. The first kappa shape index (κ1) is 12.3. The molecule has 2 aromatic rings. The van der Waals surface area contributed by atoms with E-state index >= 15 is 0 Å². The zero-order valence-electron chi connectivity index (χ0n) is 9.12. The first-order valence-electron chi connectivity index (χ1n) is 4.91. The Labute approximate surface area is 103 Å². The van der Waals surface area contributed by atoms with E-state index in [-0.39, 0.29) is 10.7 Å². The largest absolute Gasteiger partial charge is 0.321 e. The van der Waals surface area contributed by atoms with E-state index in [1.807, 2.05) is 6.07 Å². The van der Waals surface area contributed by atoms with Gasteiger partial charge in [-0.3, -0.25) is 9.89 Å². The van der Waals surface area contributed by atoms with Crippen LogP contribution in [-0.4, -0.2) is 24.5 Å². The summed E-state index contributed by atoms with van der Waals surface area (Å²) in [5.41, 5.74) is 0.533. The van der Waals surface area contributed by atoms with Crippen molar-refractivity contribution < 1.29 is 13.2 Å². The van der Waals surface area contributed by atoms with Crippen molar-refractivity contribution in [2.24, 2.45) is 5.14 Å². The summed E-state index contributed by atoms with van der Waals surface area (Å²) >= 11 is 0. The molecule has 0 unspecified atom stereocenters. The number of primary sulfonamides is 1. The van der Waals surface area contributed by atoms with Gasteiger partial charge >= 0.3 is 0 Å². The summed E-state index contributed by atoms with van der Waals surface area (Å²) in [6, 6.07) is 9.80. The number of carbonyl (C=O) groups is 1. The number of sulfonamides is 1. The molecule has 8 heteroatoms. The predicted molar refractivity (Wildman–Crippen MR) is 64.4 cm³/mol. The van der Waals surface area contributed by atoms with Crippen LogP contribution in [0.2, 0.25) is 0 Å². The molecule has 0 atom stereocenters. The Bertz CT molecular complexity index is 663. The van der Waals surface area contributed by atoms with Gasteiger partial charge in [-0.2, -0.15) is 5.10 Å². The number of anilines is 1. The minimum atomic E-state index is -3.89. The molecule has 1 aromatic heterocycles. The molecule has 1 amide bonds. The Hall–Kier alpha value is -2.19. The first-order chi connectivity index (χ1) is 8.47. The summed E-state index contributed by atoms with van der Waals surface area (Å²) in [5.74, 6) is -0.521. The van der Waals surface area contributed by atoms with Gasteiger partial charge in [0.15, 0.2) is 10.7 Å². The van der Waals surface area contributed by atoms with Crippen molar-refractivity contribution in [3.8, 4) is 0 Å². The Balaban J connectivity index is 2.18. The van der Waals surface area contributed by atoms with Gasteiger partial charge in [0.05, 0.1) is 0 Å². The van der Waals surface area contributed by atoms with Crippen molar-refractivity contribution in [1.29, 1.82) is 0 Å². The summed E-state index contributed by atoms with van der Waals surface area (Å²) in [7, 11) is -3.89. The van der Waals surface area contributed by atoms with Crippen LogP contribution in [0.4, 0.5) is 5.69 Å². The smallest absolute Gasteiger partial charge is 0.276 e. The third-order valence-electron chi connectivity index (χ3n) is 2.13. The average molecular weight is 266 g/mol. The summed E-state index contributed by atoms with van der Waals surface area (Å²) in [6.07, 6.45) is 0. The number of benzene rings is 1. The van der Waals surface area contributed by atoms with Crippen LogP contribution in [-0.2, 0) is 10.0 Å². The van der Waals surface area contributed by atoms with Gasteiger partial charge in [0.1, 0.15) is 0 Å². The summed E-state index contributed by atoms with van der Waals surface area (Å²) < 4.78 is 22.0. The topological polar surface area (TPSA) is 118 Å². The van der Waals surface area contributed by atoms with Gasteiger partial charge in [0, 0.05) is 11.8 Å². The lowest BCUT2D eigenvalue weighted by Crippen LogP contribution is -2.13. The number of amides is 1. The number of rotatable bonds is 3. The maximum Gasteiger partial charge on any atom is 0.276 e. The monoisotopic (exact) mass is 266 g/mol.